The van der Waals surface area contributed by atoms with E-state index in [1.807, 2.05) is 30.3 Å². The lowest BCUT2D eigenvalue weighted by molar-refractivity contribution is -0.000283. The van der Waals surface area contributed by atoms with Crippen molar-refractivity contribution in [3.05, 3.63) is 76.9 Å². The number of carbonyl (C=O) groups excluding carboxylic acids is 2. The Morgan fingerprint density at radius 3 is 2.08 bits per heavy atom. The molecule has 0 saturated carbocycles. The molecule has 0 aliphatic heterocycles. The predicted octanol–water partition coefficient (Wildman–Crippen LogP) is 5.71. The maximum Gasteiger partial charge on any atom is 0.420 e. The Kier molecular flexibility index (Phi) is 7.08. The molecule has 3 heterocycles. The summed E-state index contributed by atoms with van der Waals surface area (Å²) in [5, 5.41) is 0.287. The second-order valence-electron chi connectivity index (χ2n) is 10.6. The first-order chi connectivity index (χ1) is 17.9. The Labute approximate surface area is 219 Å². The second-order valence-corrected chi connectivity index (χ2v) is 10.6. The summed E-state index contributed by atoms with van der Waals surface area (Å²) in [5.74, 6) is 0.113. The third kappa shape index (κ3) is 5.74. The summed E-state index contributed by atoms with van der Waals surface area (Å²) in [7, 11) is 0. The van der Waals surface area contributed by atoms with E-state index < -0.39 is 35.4 Å². The molecule has 0 unspecified atom stereocenters. The average molecular weight is 519 g/mol. The SMILES string of the molecule is CC(C)(C)OC(=O)N(Cc1c(-c2ncco2)n(-c2ccccc2)c2ncccc2c1=O)C(=O)OC(C)(C)C. The van der Waals surface area contributed by atoms with Crippen molar-refractivity contribution in [2.24, 2.45) is 0 Å². The van der Waals surface area contributed by atoms with Crippen LogP contribution >= 0.6 is 0 Å². The topological polar surface area (TPSA) is 117 Å². The number of carbonyl (C=O) groups is 2. The number of pyridine rings is 2. The molecule has 0 aliphatic rings. The fraction of sp³-hybridized carbons (Fsp3) is 0.321. The number of amides is 2. The Morgan fingerprint density at radius 1 is 0.895 bits per heavy atom. The number of nitrogens with zero attached hydrogens (tertiary/aromatic N) is 4. The number of hydrogen-bond donors (Lipinski definition) is 0. The smallest absolute Gasteiger partial charge is 0.420 e. The van der Waals surface area contributed by atoms with Gasteiger partial charge in [-0.05, 0) is 65.8 Å². The van der Waals surface area contributed by atoms with E-state index in [1.165, 1.54) is 12.5 Å². The number of benzene rings is 1. The zero-order valence-corrected chi connectivity index (χ0v) is 22.2. The van der Waals surface area contributed by atoms with E-state index in [9.17, 15) is 14.4 Å². The molecule has 0 spiro atoms. The first-order valence-electron chi connectivity index (χ1n) is 12.1. The molecule has 198 valence electrons. The van der Waals surface area contributed by atoms with Gasteiger partial charge in [-0.3, -0.25) is 9.36 Å². The fourth-order valence-corrected chi connectivity index (χ4v) is 3.80. The number of imide groups is 1. The summed E-state index contributed by atoms with van der Waals surface area (Å²) in [6.45, 7) is 9.63. The highest BCUT2D eigenvalue weighted by Crippen LogP contribution is 2.29. The second kappa shape index (κ2) is 10.1. The zero-order valence-electron chi connectivity index (χ0n) is 22.2. The minimum absolute atomic E-state index is 0.0773. The molecular formula is C28H30N4O6. The molecule has 4 aromatic rings. The molecule has 3 aromatic heterocycles. The van der Waals surface area contributed by atoms with Crippen LogP contribution in [0.15, 0.2) is 70.3 Å². The molecule has 0 saturated heterocycles. The van der Waals surface area contributed by atoms with Gasteiger partial charge in [0.05, 0.1) is 23.7 Å². The van der Waals surface area contributed by atoms with Crippen LogP contribution in [0, 0.1) is 0 Å². The number of ether oxygens (including phenoxy) is 2. The van der Waals surface area contributed by atoms with Crippen molar-refractivity contribution in [1.82, 2.24) is 19.4 Å². The van der Waals surface area contributed by atoms with Crippen molar-refractivity contribution in [2.75, 3.05) is 0 Å². The van der Waals surface area contributed by atoms with Crippen molar-refractivity contribution in [3.63, 3.8) is 0 Å². The van der Waals surface area contributed by atoms with Gasteiger partial charge in [-0.25, -0.2) is 24.5 Å². The minimum atomic E-state index is -0.956. The van der Waals surface area contributed by atoms with Gasteiger partial charge in [0.2, 0.25) is 5.89 Å². The largest absolute Gasteiger partial charge is 0.443 e. The summed E-state index contributed by atoms with van der Waals surface area (Å²) in [4.78, 5) is 50.0. The van der Waals surface area contributed by atoms with E-state index in [0.29, 0.717) is 11.3 Å². The fourth-order valence-electron chi connectivity index (χ4n) is 3.80. The molecule has 4 rings (SSSR count). The van der Waals surface area contributed by atoms with Crippen LogP contribution < -0.4 is 5.43 Å². The van der Waals surface area contributed by atoms with Crippen molar-refractivity contribution >= 4 is 23.2 Å². The van der Waals surface area contributed by atoms with E-state index in [-0.39, 0.29) is 22.5 Å². The van der Waals surface area contributed by atoms with Gasteiger partial charge in [0, 0.05) is 11.9 Å². The number of para-hydroxylation sites is 1. The number of fused-ring (bicyclic) bond motifs is 1. The number of hydrogen-bond acceptors (Lipinski definition) is 8. The Balaban J connectivity index is 2.01. The van der Waals surface area contributed by atoms with Crippen LogP contribution in [-0.4, -0.2) is 42.8 Å². The van der Waals surface area contributed by atoms with Gasteiger partial charge in [-0.15, -0.1) is 0 Å². The zero-order chi connectivity index (χ0) is 27.7. The van der Waals surface area contributed by atoms with Crippen LogP contribution in [0.25, 0.3) is 28.3 Å². The lowest BCUT2D eigenvalue weighted by atomic mass is 10.1. The van der Waals surface area contributed by atoms with Gasteiger partial charge in [0.15, 0.2) is 5.43 Å². The van der Waals surface area contributed by atoms with Crippen LogP contribution in [0.5, 0.6) is 0 Å². The van der Waals surface area contributed by atoms with Gasteiger partial charge < -0.3 is 13.9 Å². The third-order valence-electron chi connectivity index (χ3n) is 5.22. The Bertz CT molecular complexity index is 1490. The van der Waals surface area contributed by atoms with E-state index in [2.05, 4.69) is 9.97 Å². The summed E-state index contributed by atoms with van der Waals surface area (Å²) < 4.78 is 18.4. The highest BCUT2D eigenvalue weighted by molar-refractivity contribution is 5.89. The molecule has 0 atom stereocenters. The summed E-state index contributed by atoms with van der Waals surface area (Å²) >= 11 is 0. The quantitative estimate of drug-likeness (QED) is 0.337. The molecule has 1 aromatic carbocycles. The number of oxazole rings is 1. The molecule has 10 nitrogen and oxygen atoms in total. The minimum Gasteiger partial charge on any atom is -0.443 e. The molecule has 0 N–H and O–H groups in total. The van der Waals surface area contributed by atoms with Gasteiger partial charge in [0.1, 0.15) is 28.8 Å². The summed E-state index contributed by atoms with van der Waals surface area (Å²) in [6, 6.07) is 12.5. The van der Waals surface area contributed by atoms with Crippen LogP contribution in [0.3, 0.4) is 0 Å². The predicted molar refractivity (Wildman–Crippen MR) is 141 cm³/mol. The average Bonchev–Trinajstić information content (AvgIpc) is 3.36. The highest BCUT2D eigenvalue weighted by Gasteiger charge is 2.34. The molecular weight excluding hydrogens is 488 g/mol. The third-order valence-corrected chi connectivity index (χ3v) is 5.22. The van der Waals surface area contributed by atoms with Gasteiger partial charge in [-0.1, -0.05) is 18.2 Å². The molecule has 0 aliphatic carbocycles. The van der Waals surface area contributed by atoms with Crippen LogP contribution in [0.1, 0.15) is 47.1 Å². The molecule has 2 amide bonds. The molecule has 38 heavy (non-hydrogen) atoms. The lowest BCUT2D eigenvalue weighted by Crippen LogP contribution is -2.44. The highest BCUT2D eigenvalue weighted by atomic mass is 16.6. The Morgan fingerprint density at radius 2 is 1.53 bits per heavy atom. The van der Waals surface area contributed by atoms with E-state index in [0.717, 1.165) is 4.90 Å². The lowest BCUT2D eigenvalue weighted by Gasteiger charge is -2.29. The molecule has 10 heteroatoms. The van der Waals surface area contributed by atoms with Crippen LogP contribution in [-0.2, 0) is 16.0 Å². The Hall–Kier alpha value is -4.47. The van der Waals surface area contributed by atoms with Crippen LogP contribution in [0.2, 0.25) is 0 Å². The first kappa shape index (κ1) is 26.6. The van der Waals surface area contributed by atoms with E-state index in [1.54, 1.807) is 64.4 Å². The van der Waals surface area contributed by atoms with Gasteiger partial charge in [-0.2, -0.15) is 0 Å². The number of rotatable bonds is 4. The van der Waals surface area contributed by atoms with Crippen molar-refractivity contribution < 1.29 is 23.5 Å². The monoisotopic (exact) mass is 518 g/mol. The van der Waals surface area contributed by atoms with Gasteiger partial charge >= 0.3 is 12.2 Å². The van der Waals surface area contributed by atoms with Crippen molar-refractivity contribution in [3.8, 4) is 17.3 Å². The normalized spacial score (nSPS) is 11.8. The molecule has 0 radical (unpaired) electrons. The maximum atomic E-state index is 13.9. The maximum absolute atomic E-state index is 13.9. The van der Waals surface area contributed by atoms with E-state index >= 15 is 0 Å². The molecule has 0 fully saturated rings. The van der Waals surface area contributed by atoms with Crippen molar-refractivity contribution in [2.45, 2.75) is 59.3 Å². The number of aromatic nitrogens is 3. The van der Waals surface area contributed by atoms with E-state index in [4.69, 9.17) is 13.9 Å². The molecule has 0 bridgehead atoms. The van der Waals surface area contributed by atoms with Crippen LogP contribution in [0.4, 0.5) is 9.59 Å². The summed E-state index contributed by atoms with van der Waals surface area (Å²) in [6.07, 6.45) is 2.49. The first-order valence-corrected chi connectivity index (χ1v) is 12.1. The standard InChI is InChI=1S/C28H30N4O6/c1-27(2,3)37-25(34)31(26(35)38-28(4,5)6)17-20-21(24-30-15-16-36-24)32(18-11-8-7-9-12-18)23-19(22(20)33)13-10-14-29-23/h7-16H,17H2,1-6H3. The van der Waals surface area contributed by atoms with Crippen molar-refractivity contribution in [1.29, 1.82) is 0 Å². The van der Waals surface area contributed by atoms with Gasteiger partial charge in [0.25, 0.3) is 0 Å². The summed E-state index contributed by atoms with van der Waals surface area (Å²) in [5.41, 5.74) is -0.886.